The lowest BCUT2D eigenvalue weighted by Gasteiger charge is -2.09. The van der Waals surface area contributed by atoms with Gasteiger partial charge in [0.05, 0.1) is 11.6 Å². The summed E-state index contributed by atoms with van der Waals surface area (Å²) in [5.74, 6) is 0.134. The molecule has 3 rings (SSSR count). The van der Waals surface area contributed by atoms with Crippen LogP contribution in [0.2, 0.25) is 0 Å². The highest BCUT2D eigenvalue weighted by molar-refractivity contribution is 5.61. The van der Waals surface area contributed by atoms with Gasteiger partial charge in [-0.3, -0.25) is 4.98 Å². The summed E-state index contributed by atoms with van der Waals surface area (Å²) in [5.41, 5.74) is 0.848. The van der Waals surface area contributed by atoms with Crippen molar-refractivity contribution in [1.82, 2.24) is 15.1 Å². The summed E-state index contributed by atoms with van der Waals surface area (Å²) in [6, 6.07) is 10.9. The molecule has 126 valence electrons. The van der Waals surface area contributed by atoms with E-state index in [-0.39, 0.29) is 28.6 Å². The van der Waals surface area contributed by atoms with Gasteiger partial charge in [0.2, 0.25) is 5.82 Å². The topological polar surface area (TPSA) is 84.8 Å². The molecule has 1 aromatic carbocycles. The number of ether oxygens (including phenoxy) is 1. The maximum absolute atomic E-state index is 12.3. The lowest BCUT2D eigenvalue weighted by Crippen LogP contribution is -2.19. The zero-order valence-electron chi connectivity index (χ0n) is 12.5. The Morgan fingerprint density at radius 3 is 2.72 bits per heavy atom. The lowest BCUT2D eigenvalue weighted by molar-refractivity contribution is -0.153. The minimum Gasteiger partial charge on any atom is -0.484 e. The minimum atomic E-state index is -4.49. The molecule has 0 aliphatic heterocycles. The molecule has 0 N–H and O–H groups in total. The first-order chi connectivity index (χ1) is 11.9. The standard InChI is InChI=1S/C16H9F3N4O2/c17-16(18,19)9-24-12-6-10(8-20)5-11(7-12)15-22-14(23-25-15)13-3-1-2-4-21-13/h1-7H,9H2. The van der Waals surface area contributed by atoms with Gasteiger partial charge in [-0.1, -0.05) is 11.2 Å². The summed E-state index contributed by atoms with van der Waals surface area (Å²) >= 11 is 0. The van der Waals surface area contributed by atoms with E-state index in [1.165, 1.54) is 18.2 Å². The third kappa shape index (κ3) is 4.11. The van der Waals surface area contributed by atoms with E-state index in [1.54, 1.807) is 24.4 Å². The van der Waals surface area contributed by atoms with E-state index < -0.39 is 12.8 Å². The van der Waals surface area contributed by atoms with Crippen LogP contribution in [0.25, 0.3) is 23.0 Å². The number of benzene rings is 1. The fourth-order valence-corrected chi connectivity index (χ4v) is 1.98. The Bertz CT molecular complexity index is 917. The number of alkyl halides is 3. The van der Waals surface area contributed by atoms with Crippen molar-refractivity contribution >= 4 is 0 Å². The maximum Gasteiger partial charge on any atom is 0.422 e. The van der Waals surface area contributed by atoms with Crippen LogP contribution in [0.1, 0.15) is 5.56 Å². The monoisotopic (exact) mass is 346 g/mol. The largest absolute Gasteiger partial charge is 0.484 e. The van der Waals surface area contributed by atoms with Gasteiger partial charge in [-0.25, -0.2) is 0 Å². The number of nitrogens with zero attached hydrogens (tertiary/aromatic N) is 4. The van der Waals surface area contributed by atoms with Gasteiger partial charge in [0.15, 0.2) is 6.61 Å². The van der Waals surface area contributed by atoms with E-state index in [1.807, 2.05) is 6.07 Å². The molecule has 0 amide bonds. The Morgan fingerprint density at radius 2 is 2.04 bits per heavy atom. The minimum absolute atomic E-state index is 0.0367. The fraction of sp³-hybridized carbons (Fsp3) is 0.125. The average molecular weight is 346 g/mol. The van der Waals surface area contributed by atoms with Gasteiger partial charge in [0, 0.05) is 11.8 Å². The quantitative estimate of drug-likeness (QED) is 0.717. The van der Waals surface area contributed by atoms with Crippen LogP contribution < -0.4 is 4.74 Å². The van der Waals surface area contributed by atoms with E-state index in [9.17, 15) is 13.2 Å². The summed E-state index contributed by atoms with van der Waals surface area (Å²) in [6.45, 7) is -1.47. The summed E-state index contributed by atoms with van der Waals surface area (Å²) in [7, 11) is 0. The molecule has 0 bridgehead atoms. The van der Waals surface area contributed by atoms with Crippen LogP contribution in [0, 0.1) is 11.3 Å². The Balaban J connectivity index is 1.92. The number of hydrogen-bond acceptors (Lipinski definition) is 6. The molecule has 0 atom stereocenters. The van der Waals surface area contributed by atoms with E-state index >= 15 is 0 Å². The van der Waals surface area contributed by atoms with Crippen LogP contribution in [0.5, 0.6) is 5.75 Å². The Kier molecular flexibility index (Phi) is 4.35. The number of pyridine rings is 1. The van der Waals surface area contributed by atoms with Crippen LogP contribution in [-0.4, -0.2) is 27.9 Å². The Hall–Kier alpha value is -3.41. The number of rotatable bonds is 4. The first kappa shape index (κ1) is 16.4. The maximum atomic E-state index is 12.3. The molecule has 0 aliphatic rings. The van der Waals surface area contributed by atoms with Crippen molar-refractivity contribution in [1.29, 1.82) is 5.26 Å². The number of aromatic nitrogens is 3. The van der Waals surface area contributed by atoms with Crippen molar-refractivity contribution in [3.05, 3.63) is 48.2 Å². The third-order valence-electron chi connectivity index (χ3n) is 3.01. The molecule has 3 aromatic rings. The van der Waals surface area contributed by atoms with Crippen molar-refractivity contribution in [2.45, 2.75) is 6.18 Å². The van der Waals surface area contributed by atoms with Gasteiger partial charge in [-0.05, 0) is 30.3 Å². The highest BCUT2D eigenvalue weighted by Crippen LogP contribution is 2.27. The van der Waals surface area contributed by atoms with Crippen LogP contribution >= 0.6 is 0 Å². The van der Waals surface area contributed by atoms with Gasteiger partial charge in [-0.2, -0.15) is 23.4 Å². The van der Waals surface area contributed by atoms with E-state index in [0.717, 1.165) is 0 Å². The molecular formula is C16H9F3N4O2. The van der Waals surface area contributed by atoms with Gasteiger partial charge in [0.25, 0.3) is 5.89 Å². The normalized spacial score (nSPS) is 11.1. The molecule has 2 aromatic heterocycles. The van der Waals surface area contributed by atoms with Crippen LogP contribution in [0.15, 0.2) is 47.1 Å². The van der Waals surface area contributed by atoms with Crippen molar-refractivity contribution in [3.8, 4) is 34.8 Å². The molecule has 0 saturated heterocycles. The van der Waals surface area contributed by atoms with E-state index in [4.69, 9.17) is 9.78 Å². The summed E-state index contributed by atoms with van der Waals surface area (Å²) in [6.07, 6.45) is -2.93. The van der Waals surface area contributed by atoms with Gasteiger partial charge in [0.1, 0.15) is 11.4 Å². The molecule has 6 nitrogen and oxygen atoms in total. The average Bonchev–Trinajstić information content (AvgIpc) is 3.10. The first-order valence-corrected chi connectivity index (χ1v) is 6.95. The summed E-state index contributed by atoms with van der Waals surface area (Å²) < 4.78 is 46.7. The summed E-state index contributed by atoms with van der Waals surface area (Å²) in [4.78, 5) is 8.23. The van der Waals surface area contributed by atoms with Crippen LogP contribution in [0.3, 0.4) is 0 Å². The molecule has 0 aliphatic carbocycles. The van der Waals surface area contributed by atoms with Gasteiger partial charge < -0.3 is 9.26 Å². The Labute approximate surface area is 139 Å². The van der Waals surface area contributed by atoms with E-state index in [2.05, 4.69) is 19.9 Å². The van der Waals surface area contributed by atoms with Gasteiger partial charge in [-0.15, -0.1) is 0 Å². The van der Waals surface area contributed by atoms with Crippen molar-refractivity contribution in [2.75, 3.05) is 6.61 Å². The highest BCUT2D eigenvalue weighted by atomic mass is 19.4. The van der Waals surface area contributed by atoms with Crippen molar-refractivity contribution < 1.29 is 22.4 Å². The van der Waals surface area contributed by atoms with Crippen molar-refractivity contribution in [2.24, 2.45) is 0 Å². The number of nitriles is 1. The second-order valence-corrected chi connectivity index (χ2v) is 4.90. The molecule has 0 fully saturated rings. The molecule has 0 saturated carbocycles. The fourth-order valence-electron chi connectivity index (χ4n) is 1.98. The third-order valence-corrected chi connectivity index (χ3v) is 3.01. The predicted molar refractivity (Wildman–Crippen MR) is 79.2 cm³/mol. The van der Waals surface area contributed by atoms with Crippen molar-refractivity contribution in [3.63, 3.8) is 0 Å². The smallest absolute Gasteiger partial charge is 0.422 e. The highest BCUT2D eigenvalue weighted by Gasteiger charge is 2.28. The summed E-state index contributed by atoms with van der Waals surface area (Å²) in [5, 5.41) is 12.8. The molecule has 0 radical (unpaired) electrons. The molecule has 25 heavy (non-hydrogen) atoms. The zero-order valence-corrected chi connectivity index (χ0v) is 12.5. The Morgan fingerprint density at radius 1 is 1.20 bits per heavy atom. The predicted octanol–water partition coefficient (Wildman–Crippen LogP) is 3.61. The molecule has 0 spiro atoms. The SMILES string of the molecule is N#Cc1cc(OCC(F)(F)F)cc(-c2nc(-c3ccccn3)no2)c1. The zero-order chi connectivity index (χ0) is 17.9. The number of halogens is 3. The van der Waals surface area contributed by atoms with Crippen LogP contribution in [-0.2, 0) is 0 Å². The molecular weight excluding hydrogens is 337 g/mol. The first-order valence-electron chi connectivity index (χ1n) is 6.95. The van der Waals surface area contributed by atoms with E-state index in [0.29, 0.717) is 5.69 Å². The second kappa shape index (κ2) is 6.60. The molecule has 9 heteroatoms. The number of hydrogen-bond donors (Lipinski definition) is 0. The second-order valence-electron chi connectivity index (χ2n) is 4.90. The molecule has 0 unspecified atom stereocenters. The lowest BCUT2D eigenvalue weighted by atomic mass is 10.1. The molecule has 2 heterocycles. The van der Waals surface area contributed by atoms with Gasteiger partial charge >= 0.3 is 6.18 Å². The van der Waals surface area contributed by atoms with Crippen LogP contribution in [0.4, 0.5) is 13.2 Å².